The minimum Gasteiger partial charge on any atom is -0.497 e. The van der Waals surface area contributed by atoms with Crippen molar-refractivity contribution in [1.29, 1.82) is 0 Å². The van der Waals surface area contributed by atoms with Crippen molar-refractivity contribution >= 4 is 5.78 Å². The summed E-state index contributed by atoms with van der Waals surface area (Å²) in [4.78, 5) is 11.1. The number of quaternary nitrogens is 1. The number of ether oxygens (including phenoxy) is 1. The number of hydrogen-bond donors (Lipinski definition) is 1. The van der Waals surface area contributed by atoms with E-state index in [1.165, 1.54) is 0 Å². The highest BCUT2D eigenvalue weighted by Crippen LogP contribution is 2.10. The fraction of sp³-hybridized carbons (Fsp3) is 0.462. The van der Waals surface area contributed by atoms with Crippen LogP contribution in [0.2, 0.25) is 0 Å². The summed E-state index contributed by atoms with van der Waals surface area (Å²) < 4.78 is 4.96. The van der Waals surface area contributed by atoms with Crippen molar-refractivity contribution in [3.63, 3.8) is 0 Å². The van der Waals surface area contributed by atoms with Crippen LogP contribution < -0.4 is 10.5 Å². The minimum absolute atomic E-state index is 0.0534. The number of methoxy groups -OCH3 is 1. The highest BCUT2D eigenvalue weighted by Gasteiger charge is 2.03. The summed E-state index contributed by atoms with van der Waals surface area (Å²) in [6.07, 6.45) is 0. The molecule has 0 fully saturated rings. The van der Waals surface area contributed by atoms with Gasteiger partial charge < -0.3 is 10.5 Å². The largest absolute Gasteiger partial charge is 0.497 e. The first-order valence-electron chi connectivity index (χ1n) is 5.74. The second-order valence-electron chi connectivity index (χ2n) is 2.40. The summed E-state index contributed by atoms with van der Waals surface area (Å²) in [6.45, 7) is 8.30. The molecule has 1 aromatic carbocycles. The molecule has 3 heteroatoms. The maximum absolute atomic E-state index is 11.1. The first kappa shape index (κ1) is 17.1. The van der Waals surface area contributed by atoms with Crippen LogP contribution in [0, 0.1) is 0 Å². The van der Waals surface area contributed by atoms with Crippen LogP contribution >= 0.6 is 0 Å². The fourth-order valence-corrected chi connectivity index (χ4v) is 0.921. The number of Topliss-reactive ketones (excluding diaryl/α,β-unsaturated/α-hetero) is 1. The summed E-state index contributed by atoms with van der Waals surface area (Å²) in [7, 11) is 1.60. The Labute approximate surface area is 98.6 Å². The van der Waals surface area contributed by atoms with Crippen molar-refractivity contribution in [2.45, 2.75) is 27.7 Å². The zero-order chi connectivity index (χ0) is 13.0. The van der Waals surface area contributed by atoms with E-state index in [1.54, 1.807) is 31.4 Å². The normalized spacial score (nSPS) is 7.88. The lowest BCUT2D eigenvalue weighted by atomic mass is 10.1. The summed E-state index contributed by atoms with van der Waals surface area (Å²) in [5.41, 5.74) is 4.21. The average molecular weight is 226 g/mol. The Bertz CT molecular complexity index is 268. The van der Waals surface area contributed by atoms with E-state index in [2.05, 4.69) is 5.73 Å². The molecular formula is C13H24NO2+. The SMILES string of the molecule is CC.CC.COc1ccc(C(=O)C[NH3+])cc1. The molecule has 0 heterocycles. The van der Waals surface area contributed by atoms with Gasteiger partial charge in [0.25, 0.3) is 0 Å². The third-order valence-electron chi connectivity index (χ3n) is 1.64. The fourth-order valence-electron chi connectivity index (χ4n) is 0.921. The van der Waals surface area contributed by atoms with Gasteiger partial charge in [-0.1, -0.05) is 27.7 Å². The van der Waals surface area contributed by atoms with E-state index in [0.717, 1.165) is 5.75 Å². The van der Waals surface area contributed by atoms with Gasteiger partial charge in [-0.3, -0.25) is 4.79 Å². The molecule has 0 aromatic heterocycles. The van der Waals surface area contributed by atoms with Gasteiger partial charge in [-0.15, -0.1) is 0 Å². The van der Waals surface area contributed by atoms with Crippen molar-refractivity contribution in [2.24, 2.45) is 0 Å². The number of rotatable bonds is 3. The lowest BCUT2D eigenvalue weighted by Crippen LogP contribution is -2.54. The maximum atomic E-state index is 11.1. The van der Waals surface area contributed by atoms with Gasteiger partial charge >= 0.3 is 0 Å². The number of carbonyl (C=O) groups excluding carboxylic acids is 1. The van der Waals surface area contributed by atoms with Gasteiger partial charge in [-0.25, -0.2) is 0 Å². The average Bonchev–Trinajstić information content (AvgIpc) is 2.42. The van der Waals surface area contributed by atoms with Crippen LogP contribution in [0.5, 0.6) is 5.75 Å². The van der Waals surface area contributed by atoms with Gasteiger partial charge in [-0.05, 0) is 24.3 Å². The third-order valence-corrected chi connectivity index (χ3v) is 1.64. The summed E-state index contributed by atoms with van der Waals surface area (Å²) in [5.74, 6) is 0.813. The van der Waals surface area contributed by atoms with E-state index in [4.69, 9.17) is 4.74 Å². The molecule has 3 N–H and O–H groups in total. The minimum atomic E-state index is 0.0534. The molecule has 3 nitrogen and oxygen atoms in total. The van der Waals surface area contributed by atoms with Crippen molar-refractivity contribution in [1.82, 2.24) is 0 Å². The van der Waals surface area contributed by atoms with Gasteiger partial charge in [0.15, 0.2) is 0 Å². The van der Waals surface area contributed by atoms with E-state index in [1.807, 2.05) is 27.7 Å². The van der Waals surface area contributed by atoms with Crippen LogP contribution in [0.25, 0.3) is 0 Å². The zero-order valence-corrected chi connectivity index (χ0v) is 11.0. The molecule has 1 aromatic rings. The molecule has 0 unspecified atom stereocenters. The molecule has 0 aliphatic carbocycles. The molecule has 0 amide bonds. The second-order valence-corrected chi connectivity index (χ2v) is 2.40. The topological polar surface area (TPSA) is 53.9 Å². The van der Waals surface area contributed by atoms with Gasteiger partial charge in [0, 0.05) is 5.56 Å². The van der Waals surface area contributed by atoms with Crippen molar-refractivity contribution in [2.75, 3.05) is 13.7 Å². The van der Waals surface area contributed by atoms with Gasteiger partial charge in [0.05, 0.1) is 7.11 Å². The lowest BCUT2D eigenvalue weighted by molar-refractivity contribution is -0.349. The Balaban J connectivity index is 0. The van der Waals surface area contributed by atoms with Crippen LogP contribution in [-0.2, 0) is 0 Å². The van der Waals surface area contributed by atoms with Crippen LogP contribution in [-0.4, -0.2) is 19.4 Å². The van der Waals surface area contributed by atoms with Crippen LogP contribution in [0.15, 0.2) is 24.3 Å². The van der Waals surface area contributed by atoms with E-state index in [0.29, 0.717) is 12.1 Å². The first-order chi connectivity index (χ1) is 7.77. The van der Waals surface area contributed by atoms with Crippen molar-refractivity contribution in [3.8, 4) is 5.75 Å². The second kappa shape index (κ2) is 11.7. The van der Waals surface area contributed by atoms with Crippen molar-refractivity contribution in [3.05, 3.63) is 29.8 Å². The predicted octanol–water partition coefficient (Wildman–Crippen LogP) is 2.17. The number of ketones is 1. The molecule has 92 valence electrons. The Hall–Kier alpha value is -1.35. The molecule has 0 aliphatic heterocycles. The molecular weight excluding hydrogens is 202 g/mol. The predicted molar refractivity (Wildman–Crippen MR) is 67.8 cm³/mol. The van der Waals surface area contributed by atoms with E-state index in [9.17, 15) is 4.79 Å². The summed E-state index contributed by atoms with van der Waals surface area (Å²) in [6, 6.07) is 7.02. The highest BCUT2D eigenvalue weighted by atomic mass is 16.5. The molecule has 0 atom stereocenters. The summed E-state index contributed by atoms with van der Waals surface area (Å²) >= 11 is 0. The monoisotopic (exact) mass is 226 g/mol. The highest BCUT2D eigenvalue weighted by molar-refractivity contribution is 5.96. The third kappa shape index (κ3) is 6.19. The molecule has 0 aliphatic rings. The number of carbonyl (C=O) groups is 1. The number of benzene rings is 1. The van der Waals surface area contributed by atoms with Crippen LogP contribution in [0.3, 0.4) is 0 Å². The first-order valence-corrected chi connectivity index (χ1v) is 5.74. The molecule has 0 bridgehead atoms. The lowest BCUT2D eigenvalue weighted by Gasteiger charge is -1.99. The van der Waals surface area contributed by atoms with Crippen LogP contribution in [0.1, 0.15) is 38.1 Å². The molecule has 0 spiro atoms. The van der Waals surface area contributed by atoms with E-state index >= 15 is 0 Å². The smallest absolute Gasteiger partial charge is 0.216 e. The van der Waals surface area contributed by atoms with Gasteiger partial charge in [-0.2, -0.15) is 0 Å². The Morgan fingerprint density at radius 1 is 1.12 bits per heavy atom. The molecule has 0 saturated carbocycles. The van der Waals surface area contributed by atoms with Crippen LogP contribution in [0.4, 0.5) is 0 Å². The van der Waals surface area contributed by atoms with Crippen molar-refractivity contribution < 1.29 is 15.3 Å². The molecule has 0 saturated heterocycles. The number of hydrogen-bond acceptors (Lipinski definition) is 2. The molecule has 0 radical (unpaired) electrons. The molecule has 1 rings (SSSR count). The Morgan fingerprint density at radius 2 is 1.56 bits per heavy atom. The molecule has 16 heavy (non-hydrogen) atoms. The Morgan fingerprint density at radius 3 is 1.88 bits per heavy atom. The Kier molecular flexibility index (Phi) is 12.5. The quantitative estimate of drug-likeness (QED) is 0.803. The van der Waals surface area contributed by atoms with Gasteiger partial charge in [0.1, 0.15) is 12.3 Å². The van der Waals surface area contributed by atoms with Gasteiger partial charge in [0.2, 0.25) is 5.78 Å². The van der Waals surface area contributed by atoms with E-state index < -0.39 is 0 Å². The van der Waals surface area contributed by atoms with E-state index in [-0.39, 0.29) is 5.78 Å². The zero-order valence-electron chi connectivity index (χ0n) is 11.0. The summed E-state index contributed by atoms with van der Waals surface area (Å²) in [5, 5.41) is 0. The standard InChI is InChI=1S/C9H11NO2.2C2H6/c1-12-8-4-2-7(3-5-8)9(11)6-10;2*1-2/h2-5H,6,10H2,1H3;2*1-2H3/p+1. The maximum Gasteiger partial charge on any atom is 0.216 e.